The zero-order chi connectivity index (χ0) is 15.4. The molecule has 2 aromatic carbocycles. The molecule has 0 saturated carbocycles. The van der Waals surface area contributed by atoms with E-state index in [2.05, 4.69) is 37.5 Å². The molecule has 0 heterocycles. The van der Waals surface area contributed by atoms with Gasteiger partial charge in [0.1, 0.15) is 0 Å². The number of rotatable bonds is 5. The summed E-state index contributed by atoms with van der Waals surface area (Å²) in [5.41, 5.74) is 7.53. The Morgan fingerprint density at radius 1 is 0.952 bits per heavy atom. The predicted molar refractivity (Wildman–Crippen MR) is 84.6 cm³/mol. The first-order valence-electron chi connectivity index (χ1n) is 6.86. The summed E-state index contributed by atoms with van der Waals surface area (Å²) in [5, 5.41) is 0. The van der Waals surface area contributed by atoms with Crippen molar-refractivity contribution in [1.82, 2.24) is 5.43 Å². The largest absolute Gasteiger partial charge is 0.493 e. The van der Waals surface area contributed by atoms with E-state index in [4.69, 9.17) is 15.3 Å². The molecule has 0 saturated heterocycles. The van der Waals surface area contributed by atoms with Gasteiger partial charge in [0.2, 0.25) is 0 Å². The van der Waals surface area contributed by atoms with E-state index < -0.39 is 0 Å². The molecule has 0 spiro atoms. The highest BCUT2D eigenvalue weighted by Gasteiger charge is 2.18. The molecule has 21 heavy (non-hydrogen) atoms. The third-order valence-electron chi connectivity index (χ3n) is 3.74. The van der Waals surface area contributed by atoms with Crippen LogP contribution >= 0.6 is 0 Å². The van der Waals surface area contributed by atoms with Crippen molar-refractivity contribution in [3.63, 3.8) is 0 Å². The van der Waals surface area contributed by atoms with Crippen molar-refractivity contribution in [2.24, 2.45) is 5.84 Å². The van der Waals surface area contributed by atoms with Gasteiger partial charge in [0.05, 0.1) is 20.3 Å². The molecule has 0 amide bonds. The molecule has 4 heteroatoms. The first kappa shape index (κ1) is 15.4. The lowest BCUT2D eigenvalue weighted by atomic mass is 9.91. The molecule has 0 fully saturated rings. The van der Waals surface area contributed by atoms with Gasteiger partial charge in [-0.05, 0) is 48.2 Å². The van der Waals surface area contributed by atoms with Crippen LogP contribution < -0.4 is 20.7 Å². The monoisotopic (exact) mass is 286 g/mol. The summed E-state index contributed by atoms with van der Waals surface area (Å²) in [6, 6.07) is 12.0. The topological polar surface area (TPSA) is 56.5 Å². The molecule has 3 N–H and O–H groups in total. The summed E-state index contributed by atoms with van der Waals surface area (Å²) in [4.78, 5) is 0. The van der Waals surface area contributed by atoms with E-state index in [0.29, 0.717) is 11.5 Å². The van der Waals surface area contributed by atoms with Gasteiger partial charge >= 0.3 is 0 Å². The molecule has 112 valence electrons. The molecule has 1 unspecified atom stereocenters. The van der Waals surface area contributed by atoms with Crippen molar-refractivity contribution in [1.29, 1.82) is 0 Å². The highest BCUT2D eigenvalue weighted by Crippen LogP contribution is 2.33. The van der Waals surface area contributed by atoms with Crippen molar-refractivity contribution >= 4 is 0 Å². The quantitative estimate of drug-likeness (QED) is 0.655. The van der Waals surface area contributed by atoms with Gasteiger partial charge < -0.3 is 9.47 Å². The third kappa shape index (κ3) is 3.01. The lowest BCUT2D eigenvalue weighted by Crippen LogP contribution is -2.30. The molecule has 0 aliphatic rings. The standard InChI is InChI=1S/C17H22N2O2/c1-11-6-5-7-12(2)16(11)17(19-18)13-8-9-14(20-3)15(10-13)21-4/h5-10,17,19H,18H2,1-4H3. The van der Waals surface area contributed by atoms with Crippen LogP contribution in [0.3, 0.4) is 0 Å². The van der Waals surface area contributed by atoms with E-state index in [-0.39, 0.29) is 6.04 Å². The SMILES string of the molecule is COc1ccc(C(NN)c2c(C)cccc2C)cc1OC. The Hall–Kier alpha value is -2.04. The minimum absolute atomic E-state index is 0.0917. The minimum Gasteiger partial charge on any atom is -0.493 e. The van der Waals surface area contributed by atoms with Crippen LogP contribution in [0.15, 0.2) is 36.4 Å². The summed E-state index contributed by atoms with van der Waals surface area (Å²) in [7, 11) is 3.26. The van der Waals surface area contributed by atoms with Crippen molar-refractivity contribution in [3.05, 3.63) is 58.7 Å². The average Bonchev–Trinajstić information content (AvgIpc) is 2.50. The van der Waals surface area contributed by atoms with E-state index in [9.17, 15) is 0 Å². The average molecular weight is 286 g/mol. The Balaban J connectivity index is 2.51. The van der Waals surface area contributed by atoms with Crippen LogP contribution in [0.5, 0.6) is 11.5 Å². The molecule has 0 aliphatic heterocycles. The summed E-state index contributed by atoms with van der Waals surface area (Å²) in [5.74, 6) is 7.22. The van der Waals surface area contributed by atoms with Gasteiger partial charge in [0, 0.05) is 0 Å². The molecular formula is C17H22N2O2. The number of ether oxygens (including phenoxy) is 2. The van der Waals surface area contributed by atoms with E-state index >= 15 is 0 Å². The third-order valence-corrected chi connectivity index (χ3v) is 3.74. The van der Waals surface area contributed by atoms with Gasteiger partial charge in [-0.2, -0.15) is 0 Å². The van der Waals surface area contributed by atoms with Crippen molar-refractivity contribution in [3.8, 4) is 11.5 Å². The molecule has 0 radical (unpaired) electrons. The predicted octanol–water partition coefficient (Wildman–Crippen LogP) is 2.87. The van der Waals surface area contributed by atoms with Crippen molar-refractivity contribution in [2.75, 3.05) is 14.2 Å². The second kappa shape index (κ2) is 6.61. The number of hydrazine groups is 1. The number of nitrogens with two attached hydrogens (primary N) is 1. The Kier molecular flexibility index (Phi) is 4.83. The van der Waals surface area contributed by atoms with Crippen molar-refractivity contribution in [2.45, 2.75) is 19.9 Å². The fourth-order valence-electron chi connectivity index (χ4n) is 2.66. The highest BCUT2D eigenvalue weighted by molar-refractivity contribution is 5.48. The maximum atomic E-state index is 5.81. The molecule has 0 bridgehead atoms. The first-order chi connectivity index (χ1) is 10.1. The number of hydrogen-bond acceptors (Lipinski definition) is 4. The molecule has 0 aliphatic carbocycles. The lowest BCUT2D eigenvalue weighted by Gasteiger charge is -2.22. The van der Waals surface area contributed by atoms with Crippen LogP contribution in [0.25, 0.3) is 0 Å². The fourth-order valence-corrected chi connectivity index (χ4v) is 2.66. The second-order valence-corrected chi connectivity index (χ2v) is 5.02. The van der Waals surface area contributed by atoms with E-state index in [1.807, 2.05) is 18.2 Å². The number of hydrogen-bond donors (Lipinski definition) is 2. The number of benzene rings is 2. The van der Waals surface area contributed by atoms with Crippen LogP contribution in [0.2, 0.25) is 0 Å². The Morgan fingerprint density at radius 3 is 2.10 bits per heavy atom. The van der Waals surface area contributed by atoms with Gasteiger partial charge in [0.15, 0.2) is 11.5 Å². The molecule has 0 aromatic heterocycles. The first-order valence-corrected chi connectivity index (χ1v) is 6.86. The van der Waals surface area contributed by atoms with Crippen LogP contribution in [0.1, 0.15) is 28.3 Å². The van der Waals surface area contributed by atoms with Crippen LogP contribution in [0, 0.1) is 13.8 Å². The number of nitrogens with one attached hydrogen (secondary N) is 1. The van der Waals surface area contributed by atoms with Gasteiger partial charge in [-0.3, -0.25) is 5.84 Å². The van der Waals surface area contributed by atoms with E-state index in [1.54, 1.807) is 14.2 Å². The number of aryl methyl sites for hydroxylation is 2. The maximum absolute atomic E-state index is 5.81. The molecule has 2 aromatic rings. The summed E-state index contributed by atoms with van der Waals surface area (Å²) in [6.45, 7) is 4.18. The van der Waals surface area contributed by atoms with Crippen LogP contribution in [-0.2, 0) is 0 Å². The molecule has 4 nitrogen and oxygen atoms in total. The normalized spacial score (nSPS) is 12.0. The highest BCUT2D eigenvalue weighted by atomic mass is 16.5. The Bertz CT molecular complexity index is 606. The van der Waals surface area contributed by atoms with E-state index in [1.165, 1.54) is 16.7 Å². The van der Waals surface area contributed by atoms with Crippen molar-refractivity contribution < 1.29 is 9.47 Å². The smallest absolute Gasteiger partial charge is 0.161 e. The Morgan fingerprint density at radius 2 is 1.57 bits per heavy atom. The minimum atomic E-state index is -0.0917. The summed E-state index contributed by atoms with van der Waals surface area (Å²) in [6.07, 6.45) is 0. The second-order valence-electron chi connectivity index (χ2n) is 5.02. The van der Waals surface area contributed by atoms with Gasteiger partial charge in [-0.1, -0.05) is 24.3 Å². The summed E-state index contributed by atoms with van der Waals surface area (Å²) >= 11 is 0. The van der Waals surface area contributed by atoms with Gasteiger partial charge in [0.25, 0.3) is 0 Å². The lowest BCUT2D eigenvalue weighted by molar-refractivity contribution is 0.354. The Labute approximate surface area is 125 Å². The fraction of sp³-hybridized carbons (Fsp3) is 0.294. The van der Waals surface area contributed by atoms with Crippen LogP contribution in [0.4, 0.5) is 0 Å². The maximum Gasteiger partial charge on any atom is 0.161 e. The van der Waals surface area contributed by atoms with Gasteiger partial charge in [-0.15, -0.1) is 0 Å². The number of methoxy groups -OCH3 is 2. The zero-order valence-corrected chi connectivity index (χ0v) is 12.9. The molecule has 2 rings (SSSR count). The van der Waals surface area contributed by atoms with Crippen LogP contribution in [-0.4, -0.2) is 14.2 Å². The molecule has 1 atom stereocenters. The summed E-state index contributed by atoms with van der Waals surface area (Å²) < 4.78 is 10.7. The van der Waals surface area contributed by atoms with Gasteiger partial charge in [-0.25, -0.2) is 5.43 Å². The van der Waals surface area contributed by atoms with E-state index in [0.717, 1.165) is 5.56 Å². The zero-order valence-electron chi connectivity index (χ0n) is 12.9. The molecular weight excluding hydrogens is 264 g/mol.